The summed E-state index contributed by atoms with van der Waals surface area (Å²) in [5.41, 5.74) is 4.26. The number of rotatable bonds is 16. The molecule has 1 fully saturated rings. The minimum Gasteiger partial charge on any atom is -0.326 e. The molecule has 0 radical (unpaired) electrons. The number of anilines is 2. The molecule has 1 aliphatic rings. The minimum absolute atomic E-state index is 0.00115. The molecule has 0 spiro atoms. The first kappa shape index (κ1) is 32.5. The Bertz CT molecular complexity index is 1170. The van der Waals surface area contributed by atoms with Crippen LogP contribution >= 0.6 is 46.4 Å². The second-order valence-corrected chi connectivity index (χ2v) is 11.8. The van der Waals surface area contributed by atoms with E-state index in [1.54, 1.807) is 18.2 Å². The molecule has 2 amide bonds. The van der Waals surface area contributed by atoms with E-state index in [-0.39, 0.29) is 28.3 Å². The van der Waals surface area contributed by atoms with Crippen molar-refractivity contribution in [2.24, 2.45) is 4.99 Å². The Labute approximate surface area is 257 Å². The predicted molar refractivity (Wildman–Crippen MR) is 170 cm³/mol. The molecular formula is C30H38Cl4N4O2. The maximum absolute atomic E-state index is 12.7. The molecule has 1 aliphatic heterocycles. The van der Waals surface area contributed by atoms with E-state index in [4.69, 9.17) is 46.4 Å². The van der Waals surface area contributed by atoms with E-state index in [9.17, 15) is 9.59 Å². The summed E-state index contributed by atoms with van der Waals surface area (Å²) in [6.45, 7) is 2.25. The molecule has 1 saturated heterocycles. The van der Waals surface area contributed by atoms with Crippen molar-refractivity contribution in [3.05, 3.63) is 50.4 Å². The molecule has 2 aromatic rings. The fraction of sp³-hybridized carbons (Fsp3) is 0.500. The normalized spacial score (nSPS) is 14.2. The molecule has 1 heterocycles. The molecule has 0 aliphatic carbocycles. The molecule has 0 atom stereocenters. The van der Waals surface area contributed by atoms with Gasteiger partial charge in [-0.05, 0) is 36.8 Å². The van der Waals surface area contributed by atoms with Gasteiger partial charge >= 0.3 is 0 Å². The van der Waals surface area contributed by atoms with Crippen LogP contribution < -0.4 is 15.8 Å². The zero-order chi connectivity index (χ0) is 28.9. The lowest BCUT2D eigenvalue weighted by Crippen LogP contribution is -2.36. The maximum atomic E-state index is 12.7. The molecule has 40 heavy (non-hydrogen) atoms. The quantitative estimate of drug-likeness (QED) is 0.182. The van der Waals surface area contributed by atoms with Gasteiger partial charge in [-0.15, -0.1) is 0 Å². The van der Waals surface area contributed by atoms with Crippen molar-refractivity contribution in [1.82, 2.24) is 5.43 Å². The highest BCUT2D eigenvalue weighted by Gasteiger charge is 2.30. The molecule has 0 saturated carbocycles. The van der Waals surface area contributed by atoms with E-state index in [0.717, 1.165) is 12.8 Å². The standard InChI is InChI=1S/C30H38Cl4N4O2/c1-2-3-4-5-6-7-8-9-10-11-12-13-14-28(39)35-22-15-16-23(32)26(19-22)36-27-20-29(40)38(37-27)30-24(33)17-21(31)18-25(30)34/h15-19H,2-14,20H2,1H3,(H,35,39)(H,36,37). The van der Waals surface area contributed by atoms with Gasteiger partial charge in [0.05, 0.1) is 27.2 Å². The van der Waals surface area contributed by atoms with Crippen LogP contribution in [0.2, 0.25) is 20.1 Å². The van der Waals surface area contributed by atoms with Crippen LogP contribution in [-0.4, -0.2) is 17.6 Å². The van der Waals surface area contributed by atoms with Crippen molar-refractivity contribution in [2.75, 3.05) is 10.3 Å². The van der Waals surface area contributed by atoms with Crippen LogP contribution in [-0.2, 0) is 9.59 Å². The van der Waals surface area contributed by atoms with Crippen LogP contribution in [0.1, 0.15) is 96.8 Å². The summed E-state index contributed by atoms with van der Waals surface area (Å²) in [5.74, 6) is 0.0437. The van der Waals surface area contributed by atoms with Gasteiger partial charge in [-0.25, -0.2) is 10.0 Å². The Morgan fingerprint density at radius 1 is 0.850 bits per heavy atom. The number of nitrogens with one attached hydrogen (secondary N) is 2. The first-order valence-corrected chi connectivity index (χ1v) is 15.7. The Morgan fingerprint density at radius 3 is 2.02 bits per heavy atom. The van der Waals surface area contributed by atoms with Crippen molar-refractivity contribution in [2.45, 2.75) is 96.8 Å². The smallest absolute Gasteiger partial charge is 0.253 e. The number of hydrazine groups is 1. The summed E-state index contributed by atoms with van der Waals surface area (Å²) in [6, 6.07) is 8.11. The summed E-state index contributed by atoms with van der Waals surface area (Å²) in [6.07, 6.45) is 15.5. The molecule has 2 N–H and O–H groups in total. The minimum atomic E-state index is -0.284. The molecule has 3 rings (SSSR count). The lowest BCUT2D eigenvalue weighted by Gasteiger charge is -2.19. The first-order chi connectivity index (χ1) is 19.3. The third-order valence-electron chi connectivity index (χ3n) is 6.76. The van der Waals surface area contributed by atoms with E-state index in [1.807, 2.05) is 0 Å². The van der Waals surface area contributed by atoms with Crippen molar-refractivity contribution in [3.63, 3.8) is 0 Å². The zero-order valence-electron chi connectivity index (χ0n) is 23.0. The lowest BCUT2D eigenvalue weighted by atomic mass is 10.0. The number of hydrogen-bond donors (Lipinski definition) is 2. The molecule has 6 nitrogen and oxygen atoms in total. The van der Waals surface area contributed by atoms with Gasteiger partial charge in [0.2, 0.25) is 5.91 Å². The molecule has 218 valence electrons. The Kier molecular flexibility index (Phi) is 13.9. The number of unbranched alkanes of at least 4 members (excludes halogenated alkanes) is 11. The number of carbonyl (C=O) groups excluding carboxylic acids is 2. The van der Waals surface area contributed by atoms with Crippen molar-refractivity contribution < 1.29 is 9.59 Å². The highest BCUT2D eigenvalue weighted by atomic mass is 35.5. The molecule has 2 aromatic carbocycles. The largest absolute Gasteiger partial charge is 0.326 e. The van der Waals surface area contributed by atoms with Crippen LogP contribution in [0, 0.1) is 0 Å². The average molecular weight is 628 g/mol. The number of aliphatic imine (C=N–C) groups is 1. The monoisotopic (exact) mass is 626 g/mol. The van der Waals surface area contributed by atoms with Gasteiger partial charge in [-0.3, -0.25) is 15.0 Å². The average Bonchev–Trinajstić information content (AvgIpc) is 3.25. The van der Waals surface area contributed by atoms with Gasteiger partial charge in [0.1, 0.15) is 11.5 Å². The summed E-state index contributed by atoms with van der Waals surface area (Å²) >= 11 is 24.9. The Balaban J connectivity index is 1.43. The molecule has 0 aromatic heterocycles. The number of hydrogen-bond acceptors (Lipinski definition) is 3. The molecule has 0 unspecified atom stereocenters. The van der Waals surface area contributed by atoms with Crippen LogP contribution in [0.4, 0.5) is 17.1 Å². The van der Waals surface area contributed by atoms with Gasteiger partial charge in [-0.1, -0.05) is 124 Å². The third-order valence-corrected chi connectivity index (χ3v) is 7.87. The van der Waals surface area contributed by atoms with Crippen LogP contribution in [0.3, 0.4) is 0 Å². The number of carbonyl (C=O) groups is 2. The Morgan fingerprint density at radius 2 is 1.43 bits per heavy atom. The molecule has 10 heteroatoms. The molecule has 0 bridgehead atoms. The number of nitrogens with zero attached hydrogens (tertiary/aromatic N) is 2. The lowest BCUT2D eigenvalue weighted by molar-refractivity contribution is -0.117. The van der Waals surface area contributed by atoms with E-state index in [0.29, 0.717) is 39.4 Å². The van der Waals surface area contributed by atoms with Crippen molar-refractivity contribution >= 4 is 81.1 Å². The van der Waals surface area contributed by atoms with Crippen molar-refractivity contribution in [3.8, 4) is 0 Å². The van der Waals surface area contributed by atoms with Gasteiger partial charge in [0.15, 0.2) is 0 Å². The topological polar surface area (TPSA) is 73.8 Å². The van der Waals surface area contributed by atoms with Gasteiger partial charge < -0.3 is 5.32 Å². The third kappa shape index (κ3) is 10.4. The van der Waals surface area contributed by atoms with E-state index < -0.39 is 0 Å². The number of amides is 2. The molecular weight excluding hydrogens is 590 g/mol. The van der Waals surface area contributed by atoms with Gasteiger partial charge in [0.25, 0.3) is 5.91 Å². The highest BCUT2D eigenvalue weighted by molar-refractivity contribution is 6.42. The van der Waals surface area contributed by atoms with Gasteiger partial charge in [-0.2, -0.15) is 0 Å². The highest BCUT2D eigenvalue weighted by Crippen LogP contribution is 2.37. The van der Waals surface area contributed by atoms with Crippen LogP contribution in [0.25, 0.3) is 0 Å². The second-order valence-electron chi connectivity index (χ2n) is 10.1. The van der Waals surface area contributed by atoms with Crippen molar-refractivity contribution in [1.29, 1.82) is 0 Å². The summed E-state index contributed by atoms with van der Waals surface area (Å²) in [5, 5.41) is 5.39. The fourth-order valence-corrected chi connectivity index (χ4v) is 5.76. The summed E-state index contributed by atoms with van der Waals surface area (Å²) in [4.78, 5) is 29.7. The maximum Gasteiger partial charge on any atom is 0.253 e. The van der Waals surface area contributed by atoms with E-state index >= 15 is 0 Å². The number of halogens is 4. The summed E-state index contributed by atoms with van der Waals surface area (Å²) < 4.78 is 0. The summed E-state index contributed by atoms with van der Waals surface area (Å²) in [7, 11) is 0. The van der Waals surface area contributed by atoms with E-state index in [2.05, 4.69) is 22.7 Å². The van der Waals surface area contributed by atoms with Crippen LogP contribution in [0.5, 0.6) is 0 Å². The number of amidine groups is 1. The Hall–Kier alpha value is -1.99. The van der Waals surface area contributed by atoms with Crippen LogP contribution in [0.15, 0.2) is 35.3 Å². The fourth-order valence-electron chi connectivity index (χ4n) is 4.62. The van der Waals surface area contributed by atoms with E-state index in [1.165, 1.54) is 81.3 Å². The van der Waals surface area contributed by atoms with Gasteiger partial charge in [0, 0.05) is 17.1 Å². The predicted octanol–water partition coefficient (Wildman–Crippen LogP) is 10.3. The SMILES string of the molecule is CCCCCCCCCCCCCCC(=O)Nc1ccc(Cl)c(N=C2CC(=O)N(c3c(Cl)cc(Cl)cc3Cl)N2)c1. The zero-order valence-corrected chi connectivity index (χ0v) is 26.0. The number of benzene rings is 2. The second kappa shape index (κ2) is 17.1. The first-order valence-electron chi connectivity index (χ1n) is 14.2.